The van der Waals surface area contributed by atoms with Crippen LogP contribution in [0.3, 0.4) is 0 Å². The van der Waals surface area contributed by atoms with Gasteiger partial charge in [0.15, 0.2) is 0 Å². The zero-order valence-corrected chi connectivity index (χ0v) is 10.7. The van der Waals surface area contributed by atoms with Crippen LogP contribution in [0.5, 0.6) is 5.75 Å². The summed E-state index contributed by atoms with van der Waals surface area (Å²) in [6.45, 7) is 2.38. The molecule has 0 aliphatic carbocycles. The maximum Gasteiger partial charge on any atom is 0.134 e. The van der Waals surface area contributed by atoms with Gasteiger partial charge in [0.2, 0.25) is 0 Å². The molecule has 1 aliphatic rings. The fourth-order valence-electron chi connectivity index (χ4n) is 1.86. The first kappa shape index (κ1) is 11.9. The number of hydrogen-bond acceptors (Lipinski definition) is 3. The van der Waals surface area contributed by atoms with E-state index in [9.17, 15) is 5.11 Å². The van der Waals surface area contributed by atoms with Crippen LogP contribution in [0.1, 0.15) is 18.4 Å². The first-order chi connectivity index (χ1) is 7.77. The van der Waals surface area contributed by atoms with Gasteiger partial charge in [-0.2, -0.15) is 0 Å². The molecule has 88 valence electrons. The maximum atomic E-state index is 9.82. The Kier molecular flexibility index (Phi) is 4.21. The van der Waals surface area contributed by atoms with E-state index < -0.39 is 0 Å². The Balaban J connectivity index is 1.91. The van der Waals surface area contributed by atoms with Gasteiger partial charge in [-0.25, -0.2) is 0 Å². The Hall–Kier alpha value is -0.580. The lowest BCUT2D eigenvalue weighted by Crippen LogP contribution is -2.34. The van der Waals surface area contributed by atoms with Crippen molar-refractivity contribution in [3.63, 3.8) is 0 Å². The standard InChI is InChI=1S/C12H16BrNO2/c13-11-3-1-2-9(12(11)15)8-14-10-4-6-16-7-5-10/h1-3,10,14-15H,4-8H2. The summed E-state index contributed by atoms with van der Waals surface area (Å²) in [7, 11) is 0. The van der Waals surface area contributed by atoms with E-state index >= 15 is 0 Å². The van der Waals surface area contributed by atoms with Crippen LogP contribution in [-0.2, 0) is 11.3 Å². The third kappa shape index (κ3) is 2.97. The highest BCUT2D eigenvalue weighted by molar-refractivity contribution is 9.10. The van der Waals surface area contributed by atoms with Gasteiger partial charge >= 0.3 is 0 Å². The quantitative estimate of drug-likeness (QED) is 0.896. The van der Waals surface area contributed by atoms with Crippen LogP contribution in [0.4, 0.5) is 0 Å². The lowest BCUT2D eigenvalue weighted by Gasteiger charge is -2.23. The van der Waals surface area contributed by atoms with Gasteiger partial charge in [0, 0.05) is 31.4 Å². The van der Waals surface area contributed by atoms with Gasteiger partial charge in [0.25, 0.3) is 0 Å². The average molecular weight is 286 g/mol. The van der Waals surface area contributed by atoms with Crippen LogP contribution >= 0.6 is 15.9 Å². The molecule has 1 fully saturated rings. The second-order valence-electron chi connectivity index (χ2n) is 4.02. The number of benzene rings is 1. The van der Waals surface area contributed by atoms with Crippen molar-refractivity contribution in [3.05, 3.63) is 28.2 Å². The Labute approximate surface area is 104 Å². The molecule has 1 aromatic carbocycles. The maximum absolute atomic E-state index is 9.82. The second-order valence-corrected chi connectivity index (χ2v) is 4.87. The molecule has 0 saturated carbocycles. The van der Waals surface area contributed by atoms with E-state index in [2.05, 4.69) is 21.2 Å². The Bertz CT molecular complexity index is 351. The molecule has 0 bridgehead atoms. The average Bonchev–Trinajstić information content (AvgIpc) is 2.32. The Morgan fingerprint density at radius 2 is 2.12 bits per heavy atom. The van der Waals surface area contributed by atoms with E-state index in [0.29, 0.717) is 18.3 Å². The number of phenols is 1. The molecule has 0 amide bonds. The number of para-hydroxylation sites is 1. The van der Waals surface area contributed by atoms with Gasteiger partial charge in [0.1, 0.15) is 5.75 Å². The van der Waals surface area contributed by atoms with Crippen molar-refractivity contribution < 1.29 is 9.84 Å². The molecule has 0 aromatic heterocycles. The highest BCUT2D eigenvalue weighted by Crippen LogP contribution is 2.27. The van der Waals surface area contributed by atoms with Gasteiger partial charge in [-0.1, -0.05) is 12.1 Å². The summed E-state index contributed by atoms with van der Waals surface area (Å²) in [5.74, 6) is 0.335. The third-order valence-corrected chi connectivity index (χ3v) is 3.51. The van der Waals surface area contributed by atoms with Gasteiger partial charge < -0.3 is 15.2 Å². The highest BCUT2D eigenvalue weighted by atomic mass is 79.9. The van der Waals surface area contributed by atoms with Crippen molar-refractivity contribution >= 4 is 15.9 Å². The van der Waals surface area contributed by atoms with Gasteiger partial charge in [-0.15, -0.1) is 0 Å². The Morgan fingerprint density at radius 3 is 2.88 bits per heavy atom. The molecule has 1 aromatic rings. The molecular weight excluding hydrogens is 270 g/mol. The topological polar surface area (TPSA) is 41.5 Å². The summed E-state index contributed by atoms with van der Waals surface area (Å²) in [5, 5.41) is 13.3. The summed E-state index contributed by atoms with van der Waals surface area (Å²) < 4.78 is 6.05. The van der Waals surface area contributed by atoms with E-state index in [1.165, 1.54) is 0 Å². The molecule has 2 N–H and O–H groups in total. The zero-order chi connectivity index (χ0) is 11.4. The molecule has 0 radical (unpaired) electrons. The van der Waals surface area contributed by atoms with Gasteiger partial charge in [-0.3, -0.25) is 0 Å². The molecule has 2 rings (SSSR count). The van der Waals surface area contributed by atoms with Crippen molar-refractivity contribution in [1.82, 2.24) is 5.32 Å². The van der Waals surface area contributed by atoms with Crippen molar-refractivity contribution in [3.8, 4) is 5.75 Å². The predicted octanol–water partition coefficient (Wildman–Crippen LogP) is 2.42. The molecule has 4 heteroatoms. The van der Waals surface area contributed by atoms with Gasteiger partial charge in [0.05, 0.1) is 4.47 Å². The minimum absolute atomic E-state index is 0.335. The van der Waals surface area contributed by atoms with Crippen LogP contribution in [0.15, 0.2) is 22.7 Å². The molecule has 0 spiro atoms. The fourth-order valence-corrected chi connectivity index (χ4v) is 2.27. The molecular formula is C12H16BrNO2. The van der Waals surface area contributed by atoms with E-state index in [0.717, 1.165) is 36.1 Å². The number of halogens is 1. The van der Waals surface area contributed by atoms with Crippen LogP contribution in [0.2, 0.25) is 0 Å². The minimum Gasteiger partial charge on any atom is -0.506 e. The molecule has 0 unspecified atom stereocenters. The molecule has 0 atom stereocenters. The van der Waals surface area contributed by atoms with E-state index in [-0.39, 0.29) is 0 Å². The zero-order valence-electron chi connectivity index (χ0n) is 9.08. The largest absolute Gasteiger partial charge is 0.506 e. The number of rotatable bonds is 3. The normalized spacial score (nSPS) is 17.6. The predicted molar refractivity (Wildman–Crippen MR) is 66.5 cm³/mol. The lowest BCUT2D eigenvalue weighted by molar-refractivity contribution is 0.0775. The van der Waals surface area contributed by atoms with Crippen LogP contribution in [0.25, 0.3) is 0 Å². The number of ether oxygens (including phenoxy) is 1. The van der Waals surface area contributed by atoms with Crippen molar-refractivity contribution in [1.29, 1.82) is 0 Å². The molecule has 16 heavy (non-hydrogen) atoms. The SMILES string of the molecule is Oc1c(Br)cccc1CNC1CCOCC1. The Morgan fingerprint density at radius 1 is 1.38 bits per heavy atom. The van der Waals surface area contributed by atoms with Crippen molar-refractivity contribution in [2.75, 3.05) is 13.2 Å². The highest BCUT2D eigenvalue weighted by Gasteiger charge is 2.13. The summed E-state index contributed by atoms with van der Waals surface area (Å²) in [6.07, 6.45) is 2.10. The smallest absolute Gasteiger partial charge is 0.134 e. The first-order valence-electron chi connectivity index (χ1n) is 5.55. The van der Waals surface area contributed by atoms with E-state index in [1.54, 1.807) is 0 Å². The number of aromatic hydroxyl groups is 1. The third-order valence-electron chi connectivity index (χ3n) is 2.87. The van der Waals surface area contributed by atoms with Crippen LogP contribution in [0, 0.1) is 0 Å². The number of phenolic OH excluding ortho intramolecular Hbond substituents is 1. The van der Waals surface area contributed by atoms with Crippen molar-refractivity contribution in [2.24, 2.45) is 0 Å². The van der Waals surface area contributed by atoms with Crippen LogP contribution in [-0.4, -0.2) is 24.4 Å². The molecule has 1 saturated heterocycles. The summed E-state index contributed by atoms with van der Waals surface area (Å²) in [4.78, 5) is 0. The summed E-state index contributed by atoms with van der Waals surface area (Å²) >= 11 is 3.31. The van der Waals surface area contributed by atoms with Crippen molar-refractivity contribution in [2.45, 2.75) is 25.4 Å². The molecule has 1 heterocycles. The number of hydrogen-bond donors (Lipinski definition) is 2. The minimum atomic E-state index is 0.335. The number of nitrogens with one attached hydrogen (secondary N) is 1. The monoisotopic (exact) mass is 285 g/mol. The van der Waals surface area contributed by atoms with E-state index in [1.807, 2.05) is 18.2 Å². The lowest BCUT2D eigenvalue weighted by atomic mass is 10.1. The first-order valence-corrected chi connectivity index (χ1v) is 6.34. The van der Waals surface area contributed by atoms with Gasteiger partial charge in [-0.05, 0) is 34.8 Å². The summed E-state index contributed by atoms with van der Waals surface area (Å²) in [6, 6.07) is 6.22. The molecule has 3 nitrogen and oxygen atoms in total. The summed E-state index contributed by atoms with van der Waals surface area (Å²) in [5.41, 5.74) is 0.931. The second kappa shape index (κ2) is 5.66. The van der Waals surface area contributed by atoms with Crippen LogP contribution < -0.4 is 5.32 Å². The molecule has 1 aliphatic heterocycles. The van der Waals surface area contributed by atoms with E-state index in [4.69, 9.17) is 4.74 Å². The fraction of sp³-hybridized carbons (Fsp3) is 0.500.